The molecule has 4 rings (SSSR count). The molecule has 0 spiro atoms. The Morgan fingerprint density at radius 1 is 1.00 bits per heavy atom. The van der Waals surface area contributed by atoms with E-state index in [0.29, 0.717) is 46.5 Å². The average Bonchev–Trinajstić information content (AvgIpc) is 3.41. The van der Waals surface area contributed by atoms with Crippen molar-refractivity contribution in [2.24, 2.45) is 0 Å². The van der Waals surface area contributed by atoms with E-state index in [1.54, 1.807) is 17.5 Å². The number of amides is 1. The minimum atomic E-state index is -0.959. The molecule has 2 heterocycles. The Hall–Kier alpha value is -3.53. The average molecular weight is 444 g/mol. The maximum absolute atomic E-state index is 13.4. The first kappa shape index (κ1) is 20.7. The number of rotatable bonds is 7. The van der Waals surface area contributed by atoms with Crippen LogP contribution in [0.15, 0.2) is 52.4 Å². The number of anilines is 1. The highest BCUT2D eigenvalue weighted by Gasteiger charge is 2.12. The lowest BCUT2D eigenvalue weighted by atomic mass is 10.2. The van der Waals surface area contributed by atoms with Gasteiger partial charge in [0, 0.05) is 29.3 Å². The molecule has 10 heteroatoms. The molecule has 0 bridgehead atoms. The smallest absolute Gasteiger partial charge is 0.226 e. The molecule has 0 saturated carbocycles. The van der Waals surface area contributed by atoms with Crippen molar-refractivity contribution in [3.63, 3.8) is 0 Å². The summed E-state index contributed by atoms with van der Waals surface area (Å²) in [4.78, 5) is 20.6. The van der Waals surface area contributed by atoms with Gasteiger partial charge < -0.3 is 9.84 Å². The number of benzene rings is 2. The van der Waals surface area contributed by atoms with Crippen LogP contribution in [0, 0.1) is 17.5 Å². The fourth-order valence-corrected chi connectivity index (χ4v) is 3.51. The molecule has 6 nitrogen and oxygen atoms in total. The number of thiazole rings is 1. The number of aromatic nitrogens is 3. The fourth-order valence-electron chi connectivity index (χ4n) is 2.77. The first-order chi connectivity index (χ1) is 15.0. The molecule has 0 aliphatic heterocycles. The summed E-state index contributed by atoms with van der Waals surface area (Å²) in [7, 11) is 0. The lowest BCUT2D eigenvalue weighted by Crippen LogP contribution is -2.11. The third-order valence-electron chi connectivity index (χ3n) is 4.33. The lowest BCUT2D eigenvalue weighted by molar-refractivity contribution is -0.116. The molecule has 1 amide bonds. The summed E-state index contributed by atoms with van der Waals surface area (Å²) in [5, 5.41) is 8.55. The number of aryl methyl sites for hydroxylation is 1. The molecule has 0 atom stereocenters. The number of halogens is 3. The van der Waals surface area contributed by atoms with Gasteiger partial charge in [0.2, 0.25) is 17.6 Å². The van der Waals surface area contributed by atoms with Crippen LogP contribution in [0.5, 0.6) is 0 Å². The predicted molar refractivity (Wildman–Crippen MR) is 109 cm³/mol. The van der Waals surface area contributed by atoms with E-state index < -0.39 is 11.6 Å². The SMILES string of the molecule is O=C(CCCc1nc(-c2ccc(F)cc2)no1)Nc1nc(-c2ccc(F)c(F)c2)cs1. The van der Waals surface area contributed by atoms with Gasteiger partial charge in [0.25, 0.3) is 0 Å². The van der Waals surface area contributed by atoms with Crippen LogP contribution >= 0.6 is 11.3 Å². The maximum Gasteiger partial charge on any atom is 0.226 e. The van der Waals surface area contributed by atoms with Crippen LogP contribution < -0.4 is 5.32 Å². The Kier molecular flexibility index (Phi) is 6.08. The molecular formula is C21H15F3N4O2S. The summed E-state index contributed by atoms with van der Waals surface area (Å²) in [6, 6.07) is 9.24. The minimum absolute atomic E-state index is 0.203. The van der Waals surface area contributed by atoms with Gasteiger partial charge in [0.05, 0.1) is 5.69 Å². The zero-order valence-corrected chi connectivity index (χ0v) is 16.8. The van der Waals surface area contributed by atoms with E-state index in [1.807, 2.05) is 0 Å². The van der Waals surface area contributed by atoms with Crippen molar-refractivity contribution in [2.45, 2.75) is 19.3 Å². The molecule has 0 aliphatic carbocycles. The molecule has 0 unspecified atom stereocenters. The molecule has 0 fully saturated rings. The Labute approximate surface area is 178 Å². The molecule has 2 aromatic heterocycles. The quantitative estimate of drug-likeness (QED) is 0.422. The highest BCUT2D eigenvalue weighted by molar-refractivity contribution is 7.14. The van der Waals surface area contributed by atoms with Gasteiger partial charge in [-0.2, -0.15) is 4.98 Å². The number of hydrogen-bond acceptors (Lipinski definition) is 6. The van der Waals surface area contributed by atoms with Crippen molar-refractivity contribution in [2.75, 3.05) is 5.32 Å². The van der Waals surface area contributed by atoms with Crippen LogP contribution in [0.3, 0.4) is 0 Å². The van der Waals surface area contributed by atoms with E-state index in [-0.39, 0.29) is 18.1 Å². The number of carbonyl (C=O) groups is 1. The summed E-state index contributed by atoms with van der Waals surface area (Å²) in [6.07, 6.45) is 1.08. The normalized spacial score (nSPS) is 10.9. The van der Waals surface area contributed by atoms with Crippen molar-refractivity contribution in [1.29, 1.82) is 0 Å². The highest BCUT2D eigenvalue weighted by atomic mass is 32.1. The number of nitrogens with one attached hydrogen (secondary N) is 1. The zero-order chi connectivity index (χ0) is 21.8. The van der Waals surface area contributed by atoms with Crippen LogP contribution in [0.4, 0.5) is 18.3 Å². The van der Waals surface area contributed by atoms with Gasteiger partial charge in [-0.3, -0.25) is 4.79 Å². The molecular weight excluding hydrogens is 429 g/mol. The second-order valence-corrected chi connectivity index (χ2v) is 7.45. The number of hydrogen-bond donors (Lipinski definition) is 1. The summed E-state index contributed by atoms with van der Waals surface area (Å²) >= 11 is 1.19. The largest absolute Gasteiger partial charge is 0.339 e. The van der Waals surface area contributed by atoms with Crippen LogP contribution in [0.2, 0.25) is 0 Å². The molecule has 2 aromatic carbocycles. The van der Waals surface area contributed by atoms with Gasteiger partial charge in [-0.05, 0) is 48.9 Å². The summed E-state index contributed by atoms with van der Waals surface area (Å²) in [6.45, 7) is 0. The number of nitrogens with zero attached hydrogens (tertiary/aromatic N) is 3. The molecule has 0 saturated heterocycles. The first-order valence-corrected chi connectivity index (χ1v) is 10.2. The Bertz CT molecular complexity index is 1210. The summed E-state index contributed by atoms with van der Waals surface area (Å²) in [5.41, 5.74) is 1.50. The predicted octanol–water partition coefficient (Wildman–Crippen LogP) is 5.24. The monoisotopic (exact) mass is 444 g/mol. The molecule has 0 aliphatic rings. The second kappa shape index (κ2) is 9.09. The standard InChI is InChI=1S/C21H15F3N4O2S/c22-14-7-4-12(5-8-14)20-27-19(30-28-20)3-1-2-18(29)26-21-25-17(11-31-21)13-6-9-15(23)16(24)10-13/h4-11H,1-3H2,(H,25,26,29). The first-order valence-electron chi connectivity index (χ1n) is 9.27. The molecule has 4 aromatic rings. The van der Waals surface area contributed by atoms with Gasteiger partial charge in [0.15, 0.2) is 16.8 Å². The Morgan fingerprint density at radius 2 is 1.77 bits per heavy atom. The van der Waals surface area contributed by atoms with Crippen LogP contribution in [-0.2, 0) is 11.2 Å². The lowest BCUT2D eigenvalue weighted by Gasteiger charge is -2.01. The van der Waals surface area contributed by atoms with Gasteiger partial charge in [0.1, 0.15) is 5.82 Å². The van der Waals surface area contributed by atoms with E-state index >= 15 is 0 Å². The van der Waals surface area contributed by atoms with E-state index in [1.165, 1.54) is 29.5 Å². The fraction of sp³-hybridized carbons (Fsp3) is 0.143. The maximum atomic E-state index is 13.4. The Balaban J connectivity index is 1.28. The van der Waals surface area contributed by atoms with Crippen molar-refractivity contribution in [3.05, 3.63) is 71.2 Å². The van der Waals surface area contributed by atoms with Crippen molar-refractivity contribution in [1.82, 2.24) is 15.1 Å². The number of carbonyl (C=O) groups excluding carboxylic acids is 1. The third-order valence-corrected chi connectivity index (χ3v) is 5.09. The third kappa shape index (κ3) is 5.15. The summed E-state index contributed by atoms with van der Waals surface area (Å²) < 4.78 is 44.6. The van der Waals surface area contributed by atoms with E-state index in [2.05, 4.69) is 20.4 Å². The molecule has 0 radical (unpaired) electrons. The topological polar surface area (TPSA) is 80.9 Å². The van der Waals surface area contributed by atoms with E-state index in [9.17, 15) is 18.0 Å². The minimum Gasteiger partial charge on any atom is -0.339 e. The van der Waals surface area contributed by atoms with Crippen molar-refractivity contribution >= 4 is 22.4 Å². The van der Waals surface area contributed by atoms with Gasteiger partial charge >= 0.3 is 0 Å². The van der Waals surface area contributed by atoms with Gasteiger partial charge in [-0.15, -0.1) is 11.3 Å². The Morgan fingerprint density at radius 3 is 2.55 bits per heavy atom. The molecule has 158 valence electrons. The van der Waals surface area contributed by atoms with Gasteiger partial charge in [-0.25, -0.2) is 18.2 Å². The molecule has 1 N–H and O–H groups in total. The van der Waals surface area contributed by atoms with E-state index in [0.717, 1.165) is 12.1 Å². The van der Waals surface area contributed by atoms with Gasteiger partial charge in [-0.1, -0.05) is 5.16 Å². The van der Waals surface area contributed by atoms with E-state index in [4.69, 9.17) is 4.52 Å². The highest BCUT2D eigenvalue weighted by Crippen LogP contribution is 2.26. The molecule has 31 heavy (non-hydrogen) atoms. The van der Waals surface area contributed by atoms with Crippen molar-refractivity contribution in [3.8, 4) is 22.6 Å². The zero-order valence-electron chi connectivity index (χ0n) is 15.9. The van der Waals surface area contributed by atoms with Crippen LogP contribution in [0.1, 0.15) is 18.7 Å². The van der Waals surface area contributed by atoms with Crippen LogP contribution in [0.25, 0.3) is 22.6 Å². The second-order valence-electron chi connectivity index (χ2n) is 6.59. The van der Waals surface area contributed by atoms with Crippen molar-refractivity contribution < 1.29 is 22.5 Å². The summed E-state index contributed by atoms with van der Waals surface area (Å²) in [5.74, 6) is -1.76. The van der Waals surface area contributed by atoms with Crippen LogP contribution in [-0.4, -0.2) is 21.0 Å².